The zero-order valence-corrected chi connectivity index (χ0v) is 13.1. The Hall–Kier alpha value is -1.13. The minimum atomic E-state index is -0.330. The first kappa shape index (κ1) is 16.9. The molecule has 0 saturated heterocycles. The Morgan fingerprint density at radius 2 is 2.00 bits per heavy atom. The molecule has 0 radical (unpaired) electrons. The lowest BCUT2D eigenvalue weighted by Crippen LogP contribution is -2.32. The predicted octanol–water partition coefficient (Wildman–Crippen LogP) is 3.55. The molecule has 20 heavy (non-hydrogen) atoms. The molecule has 0 aliphatic heterocycles. The zero-order chi connectivity index (χ0) is 15.2. The largest absolute Gasteiger partial charge is 0.494 e. The van der Waals surface area contributed by atoms with Crippen LogP contribution in [0.2, 0.25) is 0 Å². The fourth-order valence-corrected chi connectivity index (χ4v) is 1.96. The van der Waals surface area contributed by atoms with Crippen molar-refractivity contribution in [2.24, 2.45) is 5.41 Å². The molecule has 114 valence electrons. The van der Waals surface area contributed by atoms with Crippen LogP contribution in [0.5, 0.6) is 5.75 Å². The van der Waals surface area contributed by atoms with E-state index in [0.717, 1.165) is 25.1 Å². The normalized spacial score (nSPS) is 13.3. The first-order valence-corrected chi connectivity index (χ1v) is 6.95. The molecular formula is C16H26FNO2. The van der Waals surface area contributed by atoms with Crippen LogP contribution >= 0.6 is 0 Å². The highest BCUT2D eigenvalue weighted by molar-refractivity contribution is 5.31. The number of hydrogen-bond acceptors (Lipinski definition) is 3. The summed E-state index contributed by atoms with van der Waals surface area (Å²) in [6.45, 7) is 8.11. The van der Waals surface area contributed by atoms with Gasteiger partial charge in [-0.25, -0.2) is 4.39 Å². The molecule has 0 aliphatic carbocycles. The van der Waals surface area contributed by atoms with Crippen LogP contribution in [0.15, 0.2) is 18.2 Å². The van der Waals surface area contributed by atoms with E-state index in [0.29, 0.717) is 0 Å². The average Bonchev–Trinajstić information content (AvgIpc) is 2.43. The monoisotopic (exact) mass is 283 g/mol. The summed E-state index contributed by atoms with van der Waals surface area (Å²) in [6.07, 6.45) is 0.996. The van der Waals surface area contributed by atoms with Crippen molar-refractivity contribution in [2.45, 2.75) is 33.2 Å². The zero-order valence-electron chi connectivity index (χ0n) is 13.1. The Balaban J connectivity index is 2.60. The Bertz CT molecular complexity index is 421. The van der Waals surface area contributed by atoms with Crippen molar-refractivity contribution < 1.29 is 13.9 Å². The first-order valence-electron chi connectivity index (χ1n) is 6.95. The van der Waals surface area contributed by atoms with Gasteiger partial charge in [0.2, 0.25) is 0 Å². The maximum atomic E-state index is 13.4. The van der Waals surface area contributed by atoms with E-state index in [4.69, 9.17) is 9.47 Å². The first-order chi connectivity index (χ1) is 9.39. The number of nitrogens with one attached hydrogen (secondary N) is 1. The maximum Gasteiger partial charge on any atom is 0.165 e. The third kappa shape index (κ3) is 5.10. The Morgan fingerprint density at radius 1 is 1.30 bits per heavy atom. The third-order valence-corrected chi connectivity index (χ3v) is 3.54. The van der Waals surface area contributed by atoms with Crippen molar-refractivity contribution in [3.8, 4) is 5.75 Å². The molecule has 0 spiro atoms. The fourth-order valence-electron chi connectivity index (χ4n) is 1.96. The van der Waals surface area contributed by atoms with Crippen LogP contribution in [0.3, 0.4) is 0 Å². The van der Waals surface area contributed by atoms with E-state index in [1.165, 1.54) is 13.2 Å². The van der Waals surface area contributed by atoms with E-state index in [1.807, 2.05) is 0 Å². The molecule has 0 amide bonds. The summed E-state index contributed by atoms with van der Waals surface area (Å²) in [7, 11) is 3.20. The smallest absolute Gasteiger partial charge is 0.165 e. The van der Waals surface area contributed by atoms with Crippen LogP contribution in [-0.2, 0) is 4.74 Å². The molecule has 0 bridgehead atoms. The highest BCUT2D eigenvalue weighted by Crippen LogP contribution is 2.24. The molecule has 4 heteroatoms. The number of benzene rings is 1. The summed E-state index contributed by atoms with van der Waals surface area (Å²) in [6, 6.07) is 5.13. The topological polar surface area (TPSA) is 30.5 Å². The highest BCUT2D eigenvalue weighted by atomic mass is 19.1. The quantitative estimate of drug-likeness (QED) is 0.791. The van der Waals surface area contributed by atoms with Crippen molar-refractivity contribution in [3.05, 3.63) is 29.6 Å². The van der Waals surface area contributed by atoms with Crippen LogP contribution in [0.1, 0.15) is 38.8 Å². The number of methoxy groups -OCH3 is 2. The van der Waals surface area contributed by atoms with Gasteiger partial charge in [-0.05, 0) is 36.5 Å². The van der Waals surface area contributed by atoms with Crippen molar-refractivity contribution in [1.82, 2.24) is 5.32 Å². The standard InChI is InChI=1S/C16H26FNO2/c1-12(18-11-16(2,3)8-9-19-4)13-6-7-14(17)15(10-13)20-5/h6-7,10,12,18H,8-9,11H2,1-5H3. The van der Waals surface area contributed by atoms with E-state index >= 15 is 0 Å². The van der Waals surface area contributed by atoms with Crippen LogP contribution in [0.4, 0.5) is 4.39 Å². The van der Waals surface area contributed by atoms with Gasteiger partial charge in [0, 0.05) is 26.3 Å². The summed E-state index contributed by atoms with van der Waals surface area (Å²) < 4.78 is 23.5. The van der Waals surface area contributed by atoms with Gasteiger partial charge in [0.15, 0.2) is 11.6 Å². The third-order valence-electron chi connectivity index (χ3n) is 3.54. The molecule has 1 aromatic carbocycles. The molecule has 3 nitrogen and oxygen atoms in total. The van der Waals surface area contributed by atoms with Crippen LogP contribution in [0, 0.1) is 11.2 Å². The van der Waals surface area contributed by atoms with E-state index < -0.39 is 0 Å². The molecule has 0 fully saturated rings. The van der Waals surface area contributed by atoms with Gasteiger partial charge < -0.3 is 14.8 Å². The Kier molecular flexibility index (Phi) is 6.43. The molecule has 1 rings (SSSR count). The summed E-state index contributed by atoms with van der Waals surface area (Å²) in [4.78, 5) is 0. The predicted molar refractivity (Wildman–Crippen MR) is 79.6 cm³/mol. The van der Waals surface area contributed by atoms with Gasteiger partial charge in [-0.3, -0.25) is 0 Å². The summed E-state index contributed by atoms with van der Waals surface area (Å²) >= 11 is 0. The van der Waals surface area contributed by atoms with Gasteiger partial charge in [-0.15, -0.1) is 0 Å². The van der Waals surface area contributed by atoms with Crippen molar-refractivity contribution in [2.75, 3.05) is 27.4 Å². The van der Waals surface area contributed by atoms with Crippen LogP contribution in [0.25, 0.3) is 0 Å². The van der Waals surface area contributed by atoms with Crippen molar-refractivity contribution in [1.29, 1.82) is 0 Å². The van der Waals surface area contributed by atoms with Gasteiger partial charge in [-0.2, -0.15) is 0 Å². The average molecular weight is 283 g/mol. The number of hydrogen-bond donors (Lipinski definition) is 1. The lowest BCUT2D eigenvalue weighted by molar-refractivity contribution is 0.149. The van der Waals surface area contributed by atoms with E-state index in [9.17, 15) is 4.39 Å². The molecule has 1 N–H and O–H groups in total. The SMILES string of the molecule is COCCC(C)(C)CNC(C)c1ccc(F)c(OC)c1. The Labute approximate surface area is 121 Å². The lowest BCUT2D eigenvalue weighted by Gasteiger charge is -2.27. The molecule has 0 aliphatic rings. The molecule has 1 atom stereocenters. The van der Waals surface area contributed by atoms with Crippen LogP contribution < -0.4 is 10.1 Å². The molecule has 1 unspecified atom stereocenters. The minimum absolute atomic E-state index is 0.145. The van der Waals surface area contributed by atoms with Gasteiger partial charge in [0.1, 0.15) is 0 Å². The van der Waals surface area contributed by atoms with E-state index in [-0.39, 0.29) is 23.0 Å². The van der Waals surface area contributed by atoms with Crippen molar-refractivity contribution >= 4 is 0 Å². The van der Waals surface area contributed by atoms with Gasteiger partial charge >= 0.3 is 0 Å². The second-order valence-electron chi connectivity index (χ2n) is 5.90. The van der Waals surface area contributed by atoms with Gasteiger partial charge in [0.25, 0.3) is 0 Å². The van der Waals surface area contributed by atoms with E-state index in [1.54, 1.807) is 19.2 Å². The van der Waals surface area contributed by atoms with Crippen molar-refractivity contribution in [3.63, 3.8) is 0 Å². The molecular weight excluding hydrogens is 257 g/mol. The maximum absolute atomic E-state index is 13.4. The minimum Gasteiger partial charge on any atom is -0.494 e. The van der Waals surface area contributed by atoms with E-state index in [2.05, 4.69) is 26.1 Å². The molecule has 0 heterocycles. The molecule has 0 aromatic heterocycles. The van der Waals surface area contributed by atoms with Gasteiger partial charge in [-0.1, -0.05) is 19.9 Å². The number of halogens is 1. The summed E-state index contributed by atoms with van der Waals surface area (Å²) in [5.74, 6) is -0.0429. The summed E-state index contributed by atoms with van der Waals surface area (Å²) in [5, 5.41) is 3.49. The Morgan fingerprint density at radius 3 is 2.60 bits per heavy atom. The lowest BCUT2D eigenvalue weighted by atomic mass is 9.89. The molecule has 0 saturated carbocycles. The number of rotatable bonds is 8. The van der Waals surface area contributed by atoms with Crippen LogP contribution in [-0.4, -0.2) is 27.4 Å². The number of ether oxygens (including phenoxy) is 2. The second kappa shape index (κ2) is 7.60. The highest BCUT2D eigenvalue weighted by Gasteiger charge is 2.19. The second-order valence-corrected chi connectivity index (χ2v) is 5.90. The summed E-state index contributed by atoms with van der Waals surface area (Å²) in [5.41, 5.74) is 1.18. The molecule has 1 aromatic rings. The fraction of sp³-hybridized carbons (Fsp3) is 0.625. The van der Waals surface area contributed by atoms with Gasteiger partial charge in [0.05, 0.1) is 7.11 Å².